The quantitative estimate of drug-likeness (QED) is 0.172. The molecule has 0 bridgehead atoms. The van der Waals surface area contributed by atoms with Gasteiger partial charge in [0.2, 0.25) is 0 Å². The van der Waals surface area contributed by atoms with Gasteiger partial charge in [0, 0.05) is 43.8 Å². The lowest BCUT2D eigenvalue weighted by Gasteiger charge is -2.45. The zero-order valence-corrected chi connectivity index (χ0v) is 28.4. The van der Waals surface area contributed by atoms with Gasteiger partial charge >= 0.3 is 0 Å². The van der Waals surface area contributed by atoms with E-state index in [9.17, 15) is 0 Å². The van der Waals surface area contributed by atoms with Gasteiger partial charge in [-0.05, 0) is 59.5 Å². The maximum atomic E-state index is 6.75. The molecule has 11 rings (SSSR count). The van der Waals surface area contributed by atoms with Crippen molar-refractivity contribution in [1.82, 2.24) is 0 Å². The second-order valence-electron chi connectivity index (χ2n) is 13.4. The molecule has 0 saturated carbocycles. The molecule has 4 aliphatic heterocycles. The first-order chi connectivity index (χ1) is 25.6. The van der Waals surface area contributed by atoms with Crippen LogP contribution in [-0.2, 0) is 0 Å². The van der Waals surface area contributed by atoms with Crippen LogP contribution in [0.4, 0.5) is 39.8 Å². The summed E-state index contributed by atoms with van der Waals surface area (Å²) in [6.45, 7) is 0.000679. The highest BCUT2D eigenvalue weighted by atomic mass is 16.5. The van der Waals surface area contributed by atoms with Crippen molar-refractivity contribution in [2.75, 3.05) is 28.8 Å². The highest BCUT2D eigenvalue weighted by Gasteiger charge is 2.41. The zero-order chi connectivity index (χ0) is 34.5. The molecule has 4 aliphatic rings. The van der Waals surface area contributed by atoms with Crippen LogP contribution in [0.5, 0.6) is 46.0 Å². The molecular formula is C44H30BN3O4. The van der Waals surface area contributed by atoms with Crippen LogP contribution in [0.25, 0.3) is 0 Å². The maximum Gasteiger partial charge on any atom is 0.260 e. The third-order valence-corrected chi connectivity index (χ3v) is 10.5. The van der Waals surface area contributed by atoms with Gasteiger partial charge in [-0.25, -0.2) is 0 Å². The van der Waals surface area contributed by atoms with Crippen LogP contribution in [0.2, 0.25) is 0 Å². The number of nitrogens with zero attached hydrogens (tertiary/aromatic N) is 3. The molecule has 52 heavy (non-hydrogen) atoms. The first-order valence-corrected chi connectivity index (χ1v) is 17.4. The van der Waals surface area contributed by atoms with Gasteiger partial charge < -0.3 is 33.6 Å². The lowest BCUT2D eigenvalue weighted by molar-refractivity contribution is 0.411. The van der Waals surface area contributed by atoms with Crippen LogP contribution in [0.15, 0.2) is 146 Å². The lowest BCUT2D eigenvalue weighted by Crippen LogP contribution is -2.57. The minimum absolute atomic E-state index is 0.000679. The Labute approximate surface area is 301 Å². The van der Waals surface area contributed by atoms with Crippen molar-refractivity contribution in [3.63, 3.8) is 0 Å². The van der Waals surface area contributed by atoms with E-state index >= 15 is 0 Å². The third kappa shape index (κ3) is 4.15. The maximum absolute atomic E-state index is 6.75. The number of rotatable bonds is 4. The molecule has 0 aliphatic carbocycles. The monoisotopic (exact) mass is 675 g/mol. The molecule has 0 saturated heterocycles. The van der Waals surface area contributed by atoms with Gasteiger partial charge in [-0.3, -0.25) is 0 Å². The Hall–Kier alpha value is -6.80. The van der Waals surface area contributed by atoms with Gasteiger partial charge in [0.15, 0.2) is 11.5 Å². The number of hydrogen-bond donors (Lipinski definition) is 0. The minimum atomic E-state index is 0.000679. The number of hydrogen-bond acceptors (Lipinski definition) is 7. The van der Waals surface area contributed by atoms with Gasteiger partial charge in [0.05, 0.1) is 39.8 Å². The molecule has 0 aromatic heterocycles. The van der Waals surface area contributed by atoms with E-state index in [-0.39, 0.29) is 6.71 Å². The van der Waals surface area contributed by atoms with E-state index < -0.39 is 0 Å². The molecule has 8 heteroatoms. The summed E-state index contributed by atoms with van der Waals surface area (Å²) in [7, 11) is 4.22. The summed E-state index contributed by atoms with van der Waals surface area (Å²) in [5.74, 6) is 5.55. The molecule has 4 heterocycles. The third-order valence-electron chi connectivity index (χ3n) is 10.5. The summed E-state index contributed by atoms with van der Waals surface area (Å²) in [5.41, 5.74) is 11.0. The van der Waals surface area contributed by atoms with Gasteiger partial charge in [0.25, 0.3) is 6.71 Å². The van der Waals surface area contributed by atoms with Crippen LogP contribution >= 0.6 is 0 Å². The van der Waals surface area contributed by atoms with E-state index in [1.165, 1.54) is 0 Å². The Bertz CT molecular complexity index is 2480. The van der Waals surface area contributed by atoms with Gasteiger partial charge in [-0.1, -0.05) is 72.8 Å². The van der Waals surface area contributed by atoms with Crippen molar-refractivity contribution in [3.05, 3.63) is 146 Å². The number of anilines is 7. The lowest BCUT2D eigenvalue weighted by atomic mass is 9.35. The number of ether oxygens (including phenoxy) is 4. The highest BCUT2D eigenvalue weighted by molar-refractivity contribution is 6.98. The molecule has 0 amide bonds. The SMILES string of the molecule is CN1c2ccccc2N2c3ccccc3N(C)c3cc(Oc4ccccc4Oc4cc5c6c(c4)Oc4ccccc4B6c4ccccc4O5)cc1c32. The summed E-state index contributed by atoms with van der Waals surface area (Å²) in [4.78, 5) is 6.85. The van der Waals surface area contributed by atoms with Gasteiger partial charge in [-0.2, -0.15) is 0 Å². The van der Waals surface area contributed by atoms with E-state index in [0.717, 1.165) is 67.7 Å². The number of fused-ring (bicyclic) bond motifs is 8. The van der Waals surface area contributed by atoms with Crippen molar-refractivity contribution in [2.45, 2.75) is 0 Å². The minimum Gasteiger partial charge on any atom is -0.458 e. The van der Waals surface area contributed by atoms with Gasteiger partial charge in [0.1, 0.15) is 34.5 Å². The highest BCUT2D eigenvalue weighted by Crippen LogP contribution is 2.60. The zero-order valence-electron chi connectivity index (χ0n) is 28.4. The van der Waals surface area contributed by atoms with Crippen molar-refractivity contribution in [2.24, 2.45) is 0 Å². The van der Waals surface area contributed by atoms with Gasteiger partial charge in [-0.15, -0.1) is 0 Å². The van der Waals surface area contributed by atoms with E-state index in [1.54, 1.807) is 0 Å². The summed E-state index contributed by atoms with van der Waals surface area (Å²) in [5, 5.41) is 0. The normalized spacial score (nSPS) is 13.7. The summed E-state index contributed by atoms with van der Waals surface area (Å²) in [6, 6.07) is 49.3. The Morgan fingerprint density at radius 2 is 0.865 bits per heavy atom. The topological polar surface area (TPSA) is 46.6 Å². The number of para-hydroxylation sites is 8. The van der Waals surface area contributed by atoms with E-state index in [2.05, 4.69) is 114 Å². The average Bonchev–Trinajstić information content (AvgIpc) is 3.18. The summed E-state index contributed by atoms with van der Waals surface area (Å²) in [6.07, 6.45) is 0. The fourth-order valence-corrected chi connectivity index (χ4v) is 8.18. The molecule has 0 radical (unpaired) electrons. The van der Waals surface area contributed by atoms with Crippen LogP contribution in [0.1, 0.15) is 0 Å². The second kappa shape index (κ2) is 10.9. The van der Waals surface area contributed by atoms with E-state index in [1.807, 2.05) is 60.7 Å². The molecule has 0 fully saturated rings. The Balaban J connectivity index is 0.983. The fourth-order valence-electron chi connectivity index (χ4n) is 8.18. The number of benzene rings is 7. The molecule has 7 aromatic rings. The van der Waals surface area contributed by atoms with E-state index in [4.69, 9.17) is 18.9 Å². The van der Waals surface area contributed by atoms with Crippen LogP contribution in [0, 0.1) is 0 Å². The van der Waals surface area contributed by atoms with Crippen molar-refractivity contribution in [1.29, 1.82) is 0 Å². The summed E-state index contributed by atoms with van der Waals surface area (Å²) < 4.78 is 26.4. The van der Waals surface area contributed by atoms with Crippen molar-refractivity contribution >= 4 is 62.9 Å². The smallest absolute Gasteiger partial charge is 0.260 e. The van der Waals surface area contributed by atoms with Crippen molar-refractivity contribution < 1.29 is 18.9 Å². The fraction of sp³-hybridized carbons (Fsp3) is 0.0455. The Morgan fingerprint density at radius 3 is 1.38 bits per heavy atom. The molecule has 7 nitrogen and oxygen atoms in total. The first kappa shape index (κ1) is 29.0. The van der Waals surface area contributed by atoms with Crippen molar-refractivity contribution in [3.8, 4) is 46.0 Å². The molecular weight excluding hydrogens is 645 g/mol. The predicted molar refractivity (Wildman–Crippen MR) is 208 cm³/mol. The van der Waals surface area contributed by atoms with Crippen LogP contribution in [-0.4, -0.2) is 20.8 Å². The molecule has 7 aromatic carbocycles. The molecule has 248 valence electrons. The molecule has 0 N–H and O–H groups in total. The average molecular weight is 676 g/mol. The van der Waals surface area contributed by atoms with Crippen LogP contribution < -0.4 is 50.0 Å². The van der Waals surface area contributed by atoms with E-state index in [0.29, 0.717) is 34.5 Å². The first-order valence-electron chi connectivity index (χ1n) is 17.4. The summed E-state index contributed by atoms with van der Waals surface area (Å²) >= 11 is 0. The molecule has 0 spiro atoms. The standard InChI is InChI=1S/C44H30BN3O4/c1-46-31-15-5-7-17-33(31)48-34-18-8-6-16-32(34)47(2)36-24-27(23-35(46)44(36)48)49-39-21-11-12-22-40(39)50-28-25-41-43-42(26-28)52-38-20-10-4-14-30(38)45(43)29-13-3-9-19-37(29)51-41/h3-26H,1-2H3. The second-order valence-corrected chi connectivity index (χ2v) is 13.4. The molecule has 0 unspecified atom stereocenters. The molecule has 0 atom stereocenters. The van der Waals surface area contributed by atoms with Crippen LogP contribution in [0.3, 0.4) is 0 Å². The largest absolute Gasteiger partial charge is 0.458 e. The Morgan fingerprint density at radius 1 is 0.442 bits per heavy atom. The predicted octanol–water partition coefficient (Wildman–Crippen LogP) is 9.63. The Kier molecular flexibility index (Phi) is 6.05.